The van der Waals surface area contributed by atoms with Crippen molar-refractivity contribution in [3.63, 3.8) is 0 Å². The van der Waals surface area contributed by atoms with E-state index in [1.807, 2.05) is 0 Å². The zero-order chi connectivity index (χ0) is 10.7. The molecule has 0 saturated carbocycles. The lowest BCUT2D eigenvalue weighted by Gasteiger charge is -2.14. The maximum atomic E-state index is 11.1. The highest BCUT2D eigenvalue weighted by Gasteiger charge is 2.28. The van der Waals surface area contributed by atoms with Gasteiger partial charge in [-0.25, -0.2) is 9.59 Å². The summed E-state index contributed by atoms with van der Waals surface area (Å²) in [5.41, 5.74) is -0.472. The second kappa shape index (κ2) is 3.91. The van der Waals surface area contributed by atoms with E-state index in [0.29, 0.717) is 12.5 Å². The van der Waals surface area contributed by atoms with Crippen LogP contribution in [0.3, 0.4) is 0 Å². The molecule has 1 heterocycles. The van der Waals surface area contributed by atoms with Gasteiger partial charge in [-0.05, 0) is 6.42 Å². The highest BCUT2D eigenvalue weighted by Crippen LogP contribution is 2.16. The number of likely N-dealkylation sites (tertiary alicyclic amines) is 1. The summed E-state index contributed by atoms with van der Waals surface area (Å²) in [6.45, 7) is 0.268. The SMILES string of the molecule is O=C(O)/C=C(/C(=O)O)N1CCCC1=O. The van der Waals surface area contributed by atoms with Crippen molar-refractivity contribution < 1.29 is 24.6 Å². The summed E-state index contributed by atoms with van der Waals surface area (Å²) in [5, 5.41) is 17.1. The number of rotatable bonds is 3. The Balaban J connectivity index is 2.93. The van der Waals surface area contributed by atoms with Gasteiger partial charge in [0.2, 0.25) is 5.91 Å². The first-order valence-corrected chi connectivity index (χ1v) is 4.00. The van der Waals surface area contributed by atoms with Gasteiger partial charge in [-0.15, -0.1) is 0 Å². The molecule has 0 spiro atoms. The van der Waals surface area contributed by atoms with Crippen molar-refractivity contribution in [1.82, 2.24) is 4.90 Å². The fourth-order valence-electron chi connectivity index (χ4n) is 1.27. The molecule has 1 rings (SSSR count). The van der Waals surface area contributed by atoms with E-state index >= 15 is 0 Å². The van der Waals surface area contributed by atoms with Crippen LogP contribution in [0.15, 0.2) is 11.8 Å². The Morgan fingerprint density at radius 1 is 1.36 bits per heavy atom. The number of carboxylic acids is 2. The van der Waals surface area contributed by atoms with Crippen molar-refractivity contribution in [1.29, 1.82) is 0 Å². The van der Waals surface area contributed by atoms with Gasteiger partial charge in [0, 0.05) is 13.0 Å². The van der Waals surface area contributed by atoms with Crippen LogP contribution in [-0.4, -0.2) is 39.5 Å². The van der Waals surface area contributed by atoms with E-state index in [1.54, 1.807) is 0 Å². The van der Waals surface area contributed by atoms with Gasteiger partial charge in [0.15, 0.2) is 0 Å². The number of carboxylic acid groups (broad SMARTS) is 2. The maximum absolute atomic E-state index is 11.1. The van der Waals surface area contributed by atoms with Crippen LogP contribution in [-0.2, 0) is 14.4 Å². The van der Waals surface area contributed by atoms with Crippen LogP contribution >= 0.6 is 0 Å². The van der Waals surface area contributed by atoms with E-state index in [1.165, 1.54) is 0 Å². The van der Waals surface area contributed by atoms with Crippen LogP contribution in [0.1, 0.15) is 12.8 Å². The third-order valence-corrected chi connectivity index (χ3v) is 1.84. The number of amides is 1. The summed E-state index contributed by atoms with van der Waals surface area (Å²) >= 11 is 0. The Kier molecular flexibility index (Phi) is 2.85. The van der Waals surface area contributed by atoms with Crippen LogP contribution in [0.5, 0.6) is 0 Å². The molecule has 1 aliphatic heterocycles. The highest BCUT2D eigenvalue weighted by atomic mass is 16.4. The molecule has 1 saturated heterocycles. The number of carbonyl (C=O) groups excluding carboxylic acids is 1. The molecule has 1 fully saturated rings. The largest absolute Gasteiger partial charge is 0.478 e. The van der Waals surface area contributed by atoms with Gasteiger partial charge in [-0.1, -0.05) is 0 Å². The maximum Gasteiger partial charge on any atom is 0.352 e. The summed E-state index contributed by atoms with van der Waals surface area (Å²) in [4.78, 5) is 33.1. The normalized spacial score (nSPS) is 17.3. The zero-order valence-electron chi connectivity index (χ0n) is 7.27. The summed E-state index contributed by atoms with van der Waals surface area (Å²) in [6.07, 6.45) is 1.36. The highest BCUT2D eigenvalue weighted by molar-refractivity contribution is 5.98. The average molecular weight is 199 g/mol. The first-order valence-electron chi connectivity index (χ1n) is 4.00. The summed E-state index contributed by atoms with van der Waals surface area (Å²) in [6, 6.07) is 0. The number of nitrogens with zero attached hydrogens (tertiary/aromatic N) is 1. The standard InChI is InChI=1S/C8H9NO5/c10-6-2-1-3-9(6)5(8(13)14)4-7(11)12/h4H,1-3H2,(H,11,12)(H,13,14)/b5-4-. The van der Waals surface area contributed by atoms with Crippen LogP contribution in [0.25, 0.3) is 0 Å². The van der Waals surface area contributed by atoms with E-state index in [9.17, 15) is 14.4 Å². The van der Waals surface area contributed by atoms with Crippen molar-refractivity contribution >= 4 is 17.8 Å². The van der Waals surface area contributed by atoms with E-state index in [-0.39, 0.29) is 18.9 Å². The van der Waals surface area contributed by atoms with Crippen molar-refractivity contribution in [3.05, 3.63) is 11.8 Å². The molecular weight excluding hydrogens is 190 g/mol. The lowest BCUT2D eigenvalue weighted by Crippen LogP contribution is -2.29. The third kappa shape index (κ3) is 2.09. The van der Waals surface area contributed by atoms with Crippen LogP contribution < -0.4 is 0 Å². The fraction of sp³-hybridized carbons (Fsp3) is 0.375. The van der Waals surface area contributed by atoms with E-state index in [4.69, 9.17) is 10.2 Å². The molecular formula is C8H9NO5. The molecule has 0 aliphatic carbocycles. The van der Waals surface area contributed by atoms with Gasteiger partial charge in [-0.3, -0.25) is 4.79 Å². The molecule has 0 bridgehead atoms. The topological polar surface area (TPSA) is 94.9 Å². The Labute approximate surface area is 79.4 Å². The Bertz CT molecular complexity index is 320. The molecule has 0 aromatic heterocycles. The van der Waals surface area contributed by atoms with Gasteiger partial charge < -0.3 is 15.1 Å². The molecule has 0 radical (unpaired) electrons. The third-order valence-electron chi connectivity index (χ3n) is 1.84. The first-order chi connectivity index (χ1) is 6.52. The number of aliphatic carboxylic acids is 2. The average Bonchev–Trinajstić information content (AvgIpc) is 2.46. The predicted octanol–water partition coefficient (Wildman–Crippen LogP) is -0.338. The van der Waals surface area contributed by atoms with Crippen LogP contribution in [0, 0.1) is 0 Å². The summed E-state index contributed by atoms with van der Waals surface area (Å²) < 4.78 is 0. The van der Waals surface area contributed by atoms with Crippen molar-refractivity contribution in [2.45, 2.75) is 12.8 Å². The van der Waals surface area contributed by atoms with E-state index < -0.39 is 17.6 Å². The van der Waals surface area contributed by atoms with Gasteiger partial charge >= 0.3 is 11.9 Å². The minimum Gasteiger partial charge on any atom is -0.478 e. The lowest BCUT2D eigenvalue weighted by molar-refractivity contribution is -0.139. The fourth-order valence-corrected chi connectivity index (χ4v) is 1.27. The quantitative estimate of drug-likeness (QED) is 0.606. The van der Waals surface area contributed by atoms with Crippen LogP contribution in [0.2, 0.25) is 0 Å². The van der Waals surface area contributed by atoms with E-state index in [0.717, 1.165) is 4.90 Å². The Hall–Kier alpha value is -1.85. The van der Waals surface area contributed by atoms with Crippen molar-refractivity contribution in [2.24, 2.45) is 0 Å². The minimum atomic E-state index is -1.40. The molecule has 0 aromatic rings. The van der Waals surface area contributed by atoms with Gasteiger partial charge in [0.1, 0.15) is 5.70 Å². The number of carbonyl (C=O) groups is 3. The molecule has 0 atom stereocenters. The molecule has 1 aliphatic rings. The molecule has 0 unspecified atom stereocenters. The van der Waals surface area contributed by atoms with Gasteiger partial charge in [0.25, 0.3) is 0 Å². The zero-order valence-corrected chi connectivity index (χ0v) is 7.27. The van der Waals surface area contributed by atoms with Gasteiger partial charge in [0.05, 0.1) is 6.08 Å². The lowest BCUT2D eigenvalue weighted by atomic mass is 10.3. The monoisotopic (exact) mass is 199 g/mol. The first kappa shape index (κ1) is 10.2. The van der Waals surface area contributed by atoms with E-state index in [2.05, 4.69) is 0 Å². The molecule has 6 nitrogen and oxygen atoms in total. The summed E-state index contributed by atoms with van der Waals surface area (Å²) in [5.74, 6) is -3.12. The summed E-state index contributed by atoms with van der Waals surface area (Å²) in [7, 11) is 0. The van der Waals surface area contributed by atoms with Crippen molar-refractivity contribution in [3.8, 4) is 0 Å². The van der Waals surface area contributed by atoms with Crippen molar-refractivity contribution in [2.75, 3.05) is 6.54 Å². The minimum absolute atomic E-state index is 0.268. The molecule has 76 valence electrons. The second-order valence-corrected chi connectivity index (χ2v) is 2.82. The molecule has 1 amide bonds. The predicted molar refractivity (Wildman–Crippen MR) is 44.3 cm³/mol. The smallest absolute Gasteiger partial charge is 0.352 e. The molecule has 14 heavy (non-hydrogen) atoms. The van der Waals surface area contributed by atoms with Crippen LogP contribution in [0.4, 0.5) is 0 Å². The van der Waals surface area contributed by atoms with Gasteiger partial charge in [-0.2, -0.15) is 0 Å². The number of hydrogen-bond donors (Lipinski definition) is 2. The Morgan fingerprint density at radius 2 is 2.00 bits per heavy atom. The molecule has 0 aromatic carbocycles. The number of hydrogen-bond acceptors (Lipinski definition) is 3. The Morgan fingerprint density at radius 3 is 2.36 bits per heavy atom. The molecule has 6 heteroatoms. The molecule has 2 N–H and O–H groups in total. The second-order valence-electron chi connectivity index (χ2n) is 2.82.